The lowest BCUT2D eigenvalue weighted by atomic mass is 10.1. The number of carbonyl (C=O) groups excluding carboxylic acids is 1. The van der Waals surface area contributed by atoms with E-state index in [0.29, 0.717) is 6.42 Å². The SMILES string of the molecule is CCc1nsc(N2CCCN(C(=O)CCc3cccnc3)CC2)n1. The molecule has 1 aliphatic heterocycles. The van der Waals surface area contributed by atoms with Crippen molar-refractivity contribution in [3.8, 4) is 0 Å². The summed E-state index contributed by atoms with van der Waals surface area (Å²) in [4.78, 5) is 25.4. The molecule has 0 atom stereocenters. The fraction of sp³-hybridized carbons (Fsp3) is 0.529. The summed E-state index contributed by atoms with van der Waals surface area (Å²) in [5.41, 5.74) is 1.11. The third kappa shape index (κ3) is 4.29. The van der Waals surface area contributed by atoms with Crippen LogP contribution < -0.4 is 4.90 Å². The van der Waals surface area contributed by atoms with Crippen molar-refractivity contribution >= 4 is 22.6 Å². The number of hydrogen-bond acceptors (Lipinski definition) is 6. The Morgan fingerprint density at radius 3 is 2.96 bits per heavy atom. The van der Waals surface area contributed by atoms with E-state index < -0.39 is 0 Å². The molecular weight excluding hydrogens is 322 g/mol. The van der Waals surface area contributed by atoms with Gasteiger partial charge in [-0.2, -0.15) is 4.37 Å². The zero-order valence-electron chi connectivity index (χ0n) is 14.0. The maximum absolute atomic E-state index is 12.5. The van der Waals surface area contributed by atoms with E-state index in [1.165, 1.54) is 11.5 Å². The number of aromatic nitrogens is 3. The van der Waals surface area contributed by atoms with Gasteiger partial charge in [-0.25, -0.2) is 4.98 Å². The first-order valence-corrected chi connectivity index (χ1v) is 9.28. The van der Waals surface area contributed by atoms with Gasteiger partial charge < -0.3 is 9.80 Å². The maximum Gasteiger partial charge on any atom is 0.222 e. The third-order valence-electron chi connectivity index (χ3n) is 4.24. The van der Waals surface area contributed by atoms with Crippen LogP contribution in [0.15, 0.2) is 24.5 Å². The number of carbonyl (C=O) groups is 1. The molecule has 24 heavy (non-hydrogen) atoms. The van der Waals surface area contributed by atoms with E-state index in [0.717, 1.165) is 62.0 Å². The largest absolute Gasteiger partial charge is 0.345 e. The van der Waals surface area contributed by atoms with Gasteiger partial charge in [0.1, 0.15) is 5.82 Å². The van der Waals surface area contributed by atoms with Gasteiger partial charge in [0.15, 0.2) is 0 Å². The van der Waals surface area contributed by atoms with E-state index in [9.17, 15) is 4.79 Å². The second kappa shape index (κ2) is 8.19. The van der Waals surface area contributed by atoms with E-state index in [2.05, 4.69) is 26.2 Å². The third-order valence-corrected chi connectivity index (χ3v) is 5.06. The molecule has 3 rings (SSSR count). The van der Waals surface area contributed by atoms with Gasteiger partial charge >= 0.3 is 0 Å². The average Bonchev–Trinajstić information content (AvgIpc) is 2.97. The maximum atomic E-state index is 12.5. The first-order chi connectivity index (χ1) is 11.8. The molecule has 2 aromatic heterocycles. The Kier molecular flexibility index (Phi) is 5.74. The molecule has 0 radical (unpaired) electrons. The monoisotopic (exact) mass is 345 g/mol. The zero-order chi connectivity index (χ0) is 16.8. The Morgan fingerprint density at radius 1 is 1.29 bits per heavy atom. The molecule has 128 valence electrons. The van der Waals surface area contributed by atoms with Crippen molar-refractivity contribution < 1.29 is 4.79 Å². The summed E-state index contributed by atoms with van der Waals surface area (Å²) in [5, 5.41) is 0.983. The molecule has 7 heteroatoms. The standard InChI is InChI=1S/C17H23N5OS/c1-2-15-19-17(24-20-15)22-10-4-9-21(11-12-22)16(23)7-6-14-5-3-8-18-13-14/h3,5,8,13H,2,4,6-7,9-12H2,1H3. The summed E-state index contributed by atoms with van der Waals surface area (Å²) in [5.74, 6) is 1.14. The normalized spacial score (nSPS) is 15.4. The molecule has 6 nitrogen and oxygen atoms in total. The van der Waals surface area contributed by atoms with Crippen molar-refractivity contribution in [2.24, 2.45) is 0 Å². The first kappa shape index (κ1) is 16.8. The molecule has 1 saturated heterocycles. The Balaban J connectivity index is 1.52. The fourth-order valence-corrected chi connectivity index (χ4v) is 3.63. The van der Waals surface area contributed by atoms with Crippen molar-refractivity contribution in [2.75, 3.05) is 31.1 Å². The highest BCUT2D eigenvalue weighted by molar-refractivity contribution is 7.09. The topological polar surface area (TPSA) is 62.2 Å². The van der Waals surface area contributed by atoms with Crippen LogP contribution in [0.25, 0.3) is 0 Å². The van der Waals surface area contributed by atoms with Crippen LogP contribution in [0.2, 0.25) is 0 Å². The smallest absolute Gasteiger partial charge is 0.222 e. The summed E-state index contributed by atoms with van der Waals surface area (Å²) in [6.45, 7) is 5.41. The van der Waals surface area contributed by atoms with Gasteiger partial charge in [0.25, 0.3) is 0 Å². The van der Waals surface area contributed by atoms with Crippen LogP contribution in [-0.4, -0.2) is 51.3 Å². The highest BCUT2D eigenvalue weighted by Gasteiger charge is 2.21. The quantitative estimate of drug-likeness (QED) is 0.831. The Morgan fingerprint density at radius 2 is 2.21 bits per heavy atom. The lowest BCUT2D eigenvalue weighted by molar-refractivity contribution is -0.130. The van der Waals surface area contributed by atoms with Gasteiger partial charge in [-0.1, -0.05) is 13.0 Å². The van der Waals surface area contributed by atoms with Gasteiger partial charge in [-0.15, -0.1) is 0 Å². The van der Waals surface area contributed by atoms with E-state index in [4.69, 9.17) is 0 Å². The molecule has 0 saturated carbocycles. The molecule has 0 unspecified atom stereocenters. The molecule has 2 aromatic rings. The van der Waals surface area contributed by atoms with Gasteiger partial charge in [-0.05, 0) is 24.5 Å². The molecule has 0 aliphatic carbocycles. The molecule has 1 aliphatic rings. The molecular formula is C17H23N5OS. The summed E-state index contributed by atoms with van der Waals surface area (Å²) >= 11 is 1.46. The number of aryl methyl sites for hydroxylation is 2. The number of amides is 1. The highest BCUT2D eigenvalue weighted by Crippen LogP contribution is 2.19. The summed E-state index contributed by atoms with van der Waals surface area (Å²) < 4.78 is 4.36. The lowest BCUT2D eigenvalue weighted by Crippen LogP contribution is -2.35. The van der Waals surface area contributed by atoms with Crippen molar-refractivity contribution in [3.63, 3.8) is 0 Å². The fourth-order valence-electron chi connectivity index (χ4n) is 2.83. The summed E-state index contributed by atoms with van der Waals surface area (Å²) in [6, 6.07) is 3.93. The minimum Gasteiger partial charge on any atom is -0.345 e. The molecule has 3 heterocycles. The van der Waals surface area contributed by atoms with Crippen LogP contribution >= 0.6 is 11.5 Å². The minimum absolute atomic E-state index is 0.229. The van der Waals surface area contributed by atoms with Crippen molar-refractivity contribution in [2.45, 2.75) is 32.6 Å². The summed E-state index contributed by atoms with van der Waals surface area (Å²) in [7, 11) is 0. The predicted octanol–water partition coefficient (Wildman–Crippen LogP) is 2.17. The predicted molar refractivity (Wildman–Crippen MR) is 95.3 cm³/mol. The van der Waals surface area contributed by atoms with Crippen LogP contribution in [0, 0.1) is 0 Å². The molecule has 0 N–H and O–H groups in total. The van der Waals surface area contributed by atoms with E-state index in [1.807, 2.05) is 23.2 Å². The number of nitrogens with zero attached hydrogens (tertiary/aromatic N) is 5. The van der Waals surface area contributed by atoms with Gasteiger partial charge in [-0.3, -0.25) is 9.78 Å². The van der Waals surface area contributed by atoms with Gasteiger partial charge in [0.05, 0.1) is 0 Å². The van der Waals surface area contributed by atoms with Gasteiger partial charge in [0, 0.05) is 62.9 Å². The van der Waals surface area contributed by atoms with E-state index >= 15 is 0 Å². The van der Waals surface area contributed by atoms with Crippen LogP contribution in [0.1, 0.15) is 31.2 Å². The summed E-state index contributed by atoms with van der Waals surface area (Å²) in [6.07, 6.45) is 6.72. The number of hydrogen-bond donors (Lipinski definition) is 0. The van der Waals surface area contributed by atoms with E-state index in [1.54, 1.807) is 6.20 Å². The van der Waals surface area contributed by atoms with Crippen molar-refractivity contribution in [3.05, 3.63) is 35.9 Å². The van der Waals surface area contributed by atoms with Gasteiger partial charge in [0.2, 0.25) is 11.0 Å². The van der Waals surface area contributed by atoms with E-state index in [-0.39, 0.29) is 5.91 Å². The molecule has 0 bridgehead atoms. The lowest BCUT2D eigenvalue weighted by Gasteiger charge is -2.21. The Bertz CT molecular complexity index is 660. The molecule has 0 aromatic carbocycles. The highest BCUT2D eigenvalue weighted by atomic mass is 32.1. The Hall–Kier alpha value is -2.02. The second-order valence-corrected chi connectivity index (χ2v) is 6.66. The molecule has 0 spiro atoms. The van der Waals surface area contributed by atoms with Crippen molar-refractivity contribution in [1.29, 1.82) is 0 Å². The number of pyridine rings is 1. The minimum atomic E-state index is 0.229. The molecule has 1 amide bonds. The average molecular weight is 345 g/mol. The Labute approximate surface area is 146 Å². The van der Waals surface area contributed by atoms with Crippen LogP contribution in [0.3, 0.4) is 0 Å². The van der Waals surface area contributed by atoms with Crippen LogP contribution in [-0.2, 0) is 17.6 Å². The number of rotatable bonds is 5. The van der Waals surface area contributed by atoms with Crippen LogP contribution in [0.4, 0.5) is 5.13 Å². The second-order valence-electron chi connectivity index (χ2n) is 5.93. The molecule has 1 fully saturated rings. The number of anilines is 1. The first-order valence-electron chi connectivity index (χ1n) is 8.50. The van der Waals surface area contributed by atoms with Crippen molar-refractivity contribution in [1.82, 2.24) is 19.2 Å². The van der Waals surface area contributed by atoms with Crippen LogP contribution in [0.5, 0.6) is 0 Å². The zero-order valence-corrected chi connectivity index (χ0v) is 14.8.